The third-order valence-electron chi connectivity index (χ3n) is 4.25. The van der Waals surface area contributed by atoms with Crippen molar-refractivity contribution in [2.24, 2.45) is 0 Å². The van der Waals surface area contributed by atoms with Gasteiger partial charge in [-0.05, 0) is 29.7 Å². The Bertz CT molecular complexity index is 717. The summed E-state index contributed by atoms with van der Waals surface area (Å²) < 4.78 is 0.986. The van der Waals surface area contributed by atoms with Crippen LogP contribution in [0.5, 0.6) is 0 Å². The fourth-order valence-corrected chi connectivity index (χ4v) is 3.13. The molecule has 0 fully saturated rings. The van der Waals surface area contributed by atoms with Crippen LogP contribution in [0.4, 0.5) is 0 Å². The first-order valence-electron chi connectivity index (χ1n) is 8.84. The van der Waals surface area contributed by atoms with Crippen LogP contribution >= 0.6 is 15.9 Å². The maximum absolute atomic E-state index is 12.8. The first kappa shape index (κ1) is 20.2. The Morgan fingerprint density at radius 3 is 2.27 bits per heavy atom. The molecule has 0 aliphatic rings. The molecule has 0 aromatic heterocycles. The number of rotatable bonds is 8. The second-order valence-electron chi connectivity index (χ2n) is 6.22. The van der Waals surface area contributed by atoms with Crippen LogP contribution in [-0.2, 0) is 22.6 Å². The van der Waals surface area contributed by atoms with Gasteiger partial charge in [-0.2, -0.15) is 0 Å². The first-order valence-corrected chi connectivity index (χ1v) is 9.64. The van der Waals surface area contributed by atoms with E-state index in [1.807, 2.05) is 61.5 Å². The zero-order chi connectivity index (χ0) is 18.9. The number of carbonyl (C=O) groups excluding carboxylic acids is 2. The van der Waals surface area contributed by atoms with E-state index in [0.29, 0.717) is 19.4 Å². The maximum Gasteiger partial charge on any atom is 0.242 e. The normalized spacial score (nSPS) is 11.7. The van der Waals surface area contributed by atoms with E-state index in [9.17, 15) is 9.59 Å². The highest BCUT2D eigenvalue weighted by atomic mass is 79.9. The van der Waals surface area contributed by atoms with E-state index in [1.54, 1.807) is 11.9 Å². The van der Waals surface area contributed by atoms with Crippen LogP contribution in [0.1, 0.15) is 30.9 Å². The van der Waals surface area contributed by atoms with Gasteiger partial charge in [0.05, 0.1) is 0 Å². The largest absolute Gasteiger partial charge is 0.357 e. The van der Waals surface area contributed by atoms with Gasteiger partial charge in [-0.1, -0.05) is 65.3 Å². The van der Waals surface area contributed by atoms with Crippen molar-refractivity contribution in [2.75, 3.05) is 7.05 Å². The van der Waals surface area contributed by atoms with Crippen LogP contribution in [-0.4, -0.2) is 29.8 Å². The summed E-state index contributed by atoms with van der Waals surface area (Å²) in [5, 5.41) is 2.72. The quantitative estimate of drug-likeness (QED) is 0.708. The van der Waals surface area contributed by atoms with Gasteiger partial charge >= 0.3 is 0 Å². The number of halogens is 1. The summed E-state index contributed by atoms with van der Waals surface area (Å²) in [5.74, 6) is -0.143. The lowest BCUT2D eigenvalue weighted by atomic mass is 10.0. The van der Waals surface area contributed by atoms with E-state index >= 15 is 0 Å². The summed E-state index contributed by atoms with van der Waals surface area (Å²) in [6.45, 7) is 2.39. The van der Waals surface area contributed by atoms with Gasteiger partial charge in [-0.25, -0.2) is 0 Å². The summed E-state index contributed by atoms with van der Waals surface area (Å²) in [5.41, 5.74) is 2.03. The smallest absolute Gasteiger partial charge is 0.242 e. The van der Waals surface area contributed by atoms with Gasteiger partial charge in [0.25, 0.3) is 0 Å². The van der Waals surface area contributed by atoms with Crippen molar-refractivity contribution in [3.8, 4) is 0 Å². The van der Waals surface area contributed by atoms with E-state index in [1.165, 1.54) is 0 Å². The molecule has 2 amide bonds. The molecule has 4 nitrogen and oxygen atoms in total. The molecule has 1 atom stereocenters. The molecular weight excluding hydrogens is 392 g/mol. The van der Waals surface area contributed by atoms with Crippen LogP contribution < -0.4 is 5.32 Å². The first-order chi connectivity index (χ1) is 12.5. The molecule has 0 aliphatic carbocycles. The summed E-state index contributed by atoms with van der Waals surface area (Å²) in [7, 11) is 1.61. The molecule has 0 spiro atoms. The molecule has 0 radical (unpaired) electrons. The Morgan fingerprint density at radius 1 is 1.04 bits per heavy atom. The molecule has 0 saturated heterocycles. The fraction of sp³-hybridized carbons (Fsp3) is 0.333. The molecule has 5 heteroatoms. The molecule has 0 bridgehead atoms. The lowest BCUT2D eigenvalue weighted by Crippen LogP contribution is -2.49. The van der Waals surface area contributed by atoms with Gasteiger partial charge in [-0.3, -0.25) is 9.59 Å². The van der Waals surface area contributed by atoms with Crippen molar-refractivity contribution < 1.29 is 9.59 Å². The van der Waals surface area contributed by atoms with Crippen molar-refractivity contribution in [3.63, 3.8) is 0 Å². The van der Waals surface area contributed by atoms with E-state index in [0.717, 1.165) is 22.0 Å². The molecule has 26 heavy (non-hydrogen) atoms. The van der Waals surface area contributed by atoms with Crippen LogP contribution in [0, 0.1) is 0 Å². The maximum atomic E-state index is 12.8. The zero-order valence-electron chi connectivity index (χ0n) is 15.2. The molecule has 2 rings (SSSR count). The third-order valence-corrected chi connectivity index (χ3v) is 4.78. The average Bonchev–Trinajstić information content (AvgIpc) is 2.66. The van der Waals surface area contributed by atoms with E-state index in [2.05, 4.69) is 21.2 Å². The van der Waals surface area contributed by atoms with Gasteiger partial charge in [0, 0.05) is 30.9 Å². The van der Waals surface area contributed by atoms with Crippen LogP contribution in [0.2, 0.25) is 0 Å². The van der Waals surface area contributed by atoms with Crippen molar-refractivity contribution in [1.82, 2.24) is 10.2 Å². The monoisotopic (exact) mass is 416 g/mol. The second kappa shape index (κ2) is 10.1. The van der Waals surface area contributed by atoms with E-state index in [-0.39, 0.29) is 11.8 Å². The van der Waals surface area contributed by atoms with Gasteiger partial charge in [-0.15, -0.1) is 0 Å². The third kappa shape index (κ3) is 5.70. The molecule has 0 heterocycles. The van der Waals surface area contributed by atoms with Crippen LogP contribution in [0.25, 0.3) is 0 Å². The highest BCUT2D eigenvalue weighted by molar-refractivity contribution is 9.10. The number of benzene rings is 2. The lowest BCUT2D eigenvalue weighted by Gasteiger charge is -2.31. The van der Waals surface area contributed by atoms with Crippen LogP contribution in [0.3, 0.4) is 0 Å². The number of nitrogens with one attached hydrogen (secondary N) is 1. The summed E-state index contributed by atoms with van der Waals surface area (Å²) >= 11 is 3.43. The number of carbonyl (C=O) groups is 2. The topological polar surface area (TPSA) is 49.4 Å². The number of amides is 2. The van der Waals surface area contributed by atoms with Crippen molar-refractivity contribution in [1.29, 1.82) is 0 Å². The summed E-state index contributed by atoms with van der Waals surface area (Å²) in [6.07, 6.45) is 1.67. The minimum absolute atomic E-state index is 0.0000464. The Hall–Kier alpha value is -2.14. The lowest BCUT2D eigenvalue weighted by molar-refractivity contribution is -0.141. The van der Waals surface area contributed by atoms with Crippen LogP contribution in [0.15, 0.2) is 59.1 Å². The highest BCUT2D eigenvalue weighted by Crippen LogP contribution is 2.18. The SMILES string of the molecule is CCCC(=O)N(Cc1ccc(Br)cc1)[C@H](Cc1ccccc1)C(=O)NC. The van der Waals surface area contributed by atoms with E-state index in [4.69, 9.17) is 0 Å². The minimum Gasteiger partial charge on any atom is -0.357 e. The molecule has 0 unspecified atom stereocenters. The van der Waals surface area contributed by atoms with Crippen molar-refractivity contribution in [2.45, 2.75) is 38.8 Å². The summed E-state index contributed by atoms with van der Waals surface area (Å²) in [6, 6.07) is 17.1. The highest BCUT2D eigenvalue weighted by Gasteiger charge is 2.29. The number of hydrogen-bond acceptors (Lipinski definition) is 2. The predicted molar refractivity (Wildman–Crippen MR) is 108 cm³/mol. The molecule has 1 N–H and O–H groups in total. The van der Waals surface area contributed by atoms with E-state index < -0.39 is 6.04 Å². The average molecular weight is 417 g/mol. The van der Waals surface area contributed by atoms with Crippen molar-refractivity contribution in [3.05, 3.63) is 70.2 Å². The number of nitrogens with zero attached hydrogens (tertiary/aromatic N) is 1. The van der Waals surface area contributed by atoms with Gasteiger partial charge in [0.1, 0.15) is 6.04 Å². The zero-order valence-corrected chi connectivity index (χ0v) is 16.8. The molecular formula is C21H25BrN2O2. The standard InChI is InChI=1S/C21H25BrN2O2/c1-3-7-20(25)24(15-17-10-12-18(22)13-11-17)19(21(26)23-2)14-16-8-5-4-6-9-16/h4-6,8-13,19H,3,7,14-15H2,1-2H3,(H,23,26)/t19-/m1/s1. The molecule has 0 saturated carbocycles. The number of hydrogen-bond donors (Lipinski definition) is 1. The minimum atomic E-state index is -0.537. The van der Waals surface area contributed by atoms with Crippen molar-refractivity contribution >= 4 is 27.7 Å². The number of likely N-dealkylation sites (N-methyl/N-ethyl adjacent to an activating group) is 1. The molecule has 2 aromatic rings. The van der Waals surface area contributed by atoms with Gasteiger partial charge in [0.2, 0.25) is 11.8 Å². The Labute approximate surface area is 163 Å². The second-order valence-corrected chi connectivity index (χ2v) is 7.13. The fourth-order valence-electron chi connectivity index (χ4n) is 2.86. The Kier molecular flexibility index (Phi) is 7.85. The Morgan fingerprint density at radius 2 is 1.69 bits per heavy atom. The summed E-state index contributed by atoms with van der Waals surface area (Å²) in [4.78, 5) is 27.1. The predicted octanol–water partition coefficient (Wildman–Crippen LogP) is 3.94. The van der Waals surface area contributed by atoms with Gasteiger partial charge < -0.3 is 10.2 Å². The molecule has 0 aliphatic heterocycles. The molecule has 2 aromatic carbocycles. The Balaban J connectivity index is 2.31. The molecule has 138 valence electrons. The van der Waals surface area contributed by atoms with Gasteiger partial charge in [0.15, 0.2) is 0 Å².